The Morgan fingerprint density at radius 2 is 2.17 bits per heavy atom. The third kappa shape index (κ3) is 2.63. The molecule has 1 aromatic rings. The van der Waals surface area contributed by atoms with Crippen molar-refractivity contribution in [2.75, 3.05) is 30.8 Å². The normalized spacial score (nSPS) is 20.4. The topological polar surface area (TPSA) is 64.3 Å². The summed E-state index contributed by atoms with van der Waals surface area (Å²) in [6.45, 7) is 1.09. The minimum atomic E-state index is -4.52. The first-order valence-electron chi connectivity index (χ1n) is 5.39. The van der Waals surface area contributed by atoms with Crippen molar-refractivity contribution in [3.05, 3.63) is 11.8 Å². The van der Waals surface area contributed by atoms with Crippen LogP contribution in [0.15, 0.2) is 6.07 Å². The van der Waals surface area contributed by atoms with Crippen LogP contribution in [0.25, 0.3) is 0 Å². The average Bonchev–Trinajstić information content (AvgIpc) is 2.75. The summed E-state index contributed by atoms with van der Waals surface area (Å²) < 4.78 is 42.9. The van der Waals surface area contributed by atoms with Crippen LogP contribution >= 0.6 is 0 Å². The van der Waals surface area contributed by atoms with Crippen molar-refractivity contribution in [1.29, 1.82) is 0 Å². The second-order valence-corrected chi connectivity index (χ2v) is 4.06. The van der Waals surface area contributed by atoms with E-state index >= 15 is 0 Å². The van der Waals surface area contributed by atoms with Gasteiger partial charge in [0.15, 0.2) is 5.69 Å². The number of nitrogens with two attached hydrogens (primary N) is 1. The van der Waals surface area contributed by atoms with Gasteiger partial charge in [-0.15, -0.1) is 0 Å². The van der Waals surface area contributed by atoms with Crippen LogP contribution < -0.4 is 10.6 Å². The average molecular weight is 262 g/mol. The van der Waals surface area contributed by atoms with Gasteiger partial charge in [0.25, 0.3) is 0 Å². The van der Waals surface area contributed by atoms with Crippen molar-refractivity contribution in [3.63, 3.8) is 0 Å². The standard InChI is InChI=1S/C10H13F3N4O/c1-18-6-2-3-17(5-6)8-4-7(10(11,12)13)15-9(14)16-8/h4,6H,2-3,5H2,1H3,(H2,14,15,16). The first kappa shape index (κ1) is 12.9. The van der Waals surface area contributed by atoms with E-state index in [4.69, 9.17) is 10.5 Å². The fraction of sp³-hybridized carbons (Fsp3) is 0.600. The second kappa shape index (κ2) is 4.60. The molecule has 5 nitrogen and oxygen atoms in total. The first-order valence-corrected chi connectivity index (χ1v) is 5.39. The summed E-state index contributed by atoms with van der Waals surface area (Å²) in [5.74, 6) is -0.185. The third-order valence-corrected chi connectivity index (χ3v) is 2.82. The van der Waals surface area contributed by atoms with E-state index in [9.17, 15) is 13.2 Å². The number of hydrogen-bond acceptors (Lipinski definition) is 5. The number of hydrogen-bond donors (Lipinski definition) is 1. The van der Waals surface area contributed by atoms with E-state index in [0.29, 0.717) is 13.1 Å². The molecule has 0 spiro atoms. The Morgan fingerprint density at radius 3 is 2.72 bits per heavy atom. The van der Waals surface area contributed by atoms with E-state index in [1.54, 1.807) is 12.0 Å². The highest BCUT2D eigenvalue weighted by atomic mass is 19.4. The number of anilines is 2. The summed E-state index contributed by atoms with van der Waals surface area (Å²) in [6.07, 6.45) is -3.76. The number of rotatable bonds is 2. The van der Waals surface area contributed by atoms with Gasteiger partial charge in [-0.25, -0.2) is 4.98 Å². The van der Waals surface area contributed by atoms with Crippen molar-refractivity contribution >= 4 is 11.8 Å². The molecule has 0 radical (unpaired) electrons. The molecule has 100 valence electrons. The molecule has 18 heavy (non-hydrogen) atoms. The Morgan fingerprint density at radius 1 is 1.44 bits per heavy atom. The van der Waals surface area contributed by atoms with Crippen molar-refractivity contribution in [2.24, 2.45) is 0 Å². The molecule has 1 aromatic heterocycles. The van der Waals surface area contributed by atoms with Crippen LogP contribution in [0.5, 0.6) is 0 Å². The van der Waals surface area contributed by atoms with E-state index < -0.39 is 11.9 Å². The lowest BCUT2D eigenvalue weighted by atomic mass is 10.3. The summed E-state index contributed by atoms with van der Waals surface area (Å²) in [4.78, 5) is 8.74. The number of methoxy groups -OCH3 is 1. The molecule has 2 rings (SSSR count). The molecule has 1 aliphatic rings. The Balaban J connectivity index is 2.26. The van der Waals surface area contributed by atoms with Gasteiger partial charge in [0.05, 0.1) is 6.10 Å². The molecule has 0 bridgehead atoms. The first-order chi connectivity index (χ1) is 8.40. The maximum Gasteiger partial charge on any atom is 0.433 e. The fourth-order valence-electron chi connectivity index (χ4n) is 1.89. The number of nitrogens with zero attached hydrogens (tertiary/aromatic N) is 3. The number of nitrogen functional groups attached to an aromatic ring is 1. The molecule has 1 atom stereocenters. The molecule has 2 N–H and O–H groups in total. The van der Waals surface area contributed by atoms with Gasteiger partial charge in [-0.3, -0.25) is 0 Å². The predicted octanol–water partition coefficient (Wildman–Crippen LogP) is 1.30. The maximum atomic E-state index is 12.6. The van der Waals surface area contributed by atoms with Crippen LogP contribution in [0.3, 0.4) is 0 Å². The van der Waals surface area contributed by atoms with Crippen LogP contribution in [0.2, 0.25) is 0 Å². The van der Waals surface area contributed by atoms with Gasteiger partial charge in [-0.2, -0.15) is 18.2 Å². The van der Waals surface area contributed by atoms with Crippen molar-refractivity contribution in [1.82, 2.24) is 9.97 Å². The van der Waals surface area contributed by atoms with Crippen molar-refractivity contribution in [3.8, 4) is 0 Å². The smallest absolute Gasteiger partial charge is 0.380 e. The van der Waals surface area contributed by atoms with Gasteiger partial charge in [-0.1, -0.05) is 0 Å². The number of halogens is 3. The molecular weight excluding hydrogens is 249 g/mol. The van der Waals surface area contributed by atoms with E-state index in [1.807, 2.05) is 0 Å². The molecule has 1 fully saturated rings. The van der Waals surface area contributed by atoms with Crippen LogP contribution in [-0.2, 0) is 10.9 Å². The molecule has 0 aliphatic carbocycles. The van der Waals surface area contributed by atoms with Gasteiger partial charge in [-0.05, 0) is 6.42 Å². The monoisotopic (exact) mass is 262 g/mol. The summed E-state index contributed by atoms with van der Waals surface area (Å²) >= 11 is 0. The minimum absolute atomic E-state index is 0.00975. The van der Waals surface area contributed by atoms with Gasteiger partial charge in [0.1, 0.15) is 5.82 Å². The van der Waals surface area contributed by atoms with Crippen LogP contribution in [0, 0.1) is 0 Å². The van der Waals surface area contributed by atoms with Gasteiger partial charge in [0.2, 0.25) is 5.95 Å². The summed E-state index contributed by atoms with van der Waals surface area (Å²) in [7, 11) is 1.57. The molecule has 2 heterocycles. The van der Waals surface area contributed by atoms with Gasteiger partial charge in [0, 0.05) is 26.3 Å². The van der Waals surface area contributed by atoms with Crippen molar-refractivity contribution < 1.29 is 17.9 Å². The van der Waals surface area contributed by atoms with E-state index in [2.05, 4.69) is 9.97 Å². The number of ether oxygens (including phenoxy) is 1. The molecule has 1 aliphatic heterocycles. The molecule has 8 heteroatoms. The zero-order valence-electron chi connectivity index (χ0n) is 9.74. The lowest BCUT2D eigenvalue weighted by Gasteiger charge is -2.18. The Labute approximate surface area is 102 Å². The SMILES string of the molecule is COC1CCN(c2cc(C(F)(F)F)nc(N)n2)C1. The highest BCUT2D eigenvalue weighted by molar-refractivity contribution is 5.45. The van der Waals surface area contributed by atoms with E-state index in [1.165, 1.54) is 0 Å². The molecule has 1 saturated heterocycles. The Kier molecular flexibility index (Phi) is 3.29. The second-order valence-electron chi connectivity index (χ2n) is 4.06. The molecule has 0 saturated carbocycles. The summed E-state index contributed by atoms with van der Waals surface area (Å²) in [5, 5.41) is 0. The maximum absolute atomic E-state index is 12.6. The predicted molar refractivity (Wildman–Crippen MR) is 59.1 cm³/mol. The van der Waals surface area contributed by atoms with Gasteiger partial charge >= 0.3 is 6.18 Å². The third-order valence-electron chi connectivity index (χ3n) is 2.82. The molecule has 0 aromatic carbocycles. The summed E-state index contributed by atoms with van der Waals surface area (Å²) in [5.41, 5.74) is 4.29. The zero-order chi connectivity index (χ0) is 13.3. The molecule has 0 amide bonds. The highest BCUT2D eigenvalue weighted by Gasteiger charge is 2.34. The van der Waals surface area contributed by atoms with Crippen LogP contribution in [0.4, 0.5) is 24.9 Å². The fourth-order valence-corrected chi connectivity index (χ4v) is 1.89. The highest BCUT2D eigenvalue weighted by Crippen LogP contribution is 2.31. The Bertz CT molecular complexity index is 438. The molecule has 1 unspecified atom stereocenters. The summed E-state index contributed by atoms with van der Waals surface area (Å²) in [6, 6.07) is 0.911. The van der Waals surface area contributed by atoms with Crippen LogP contribution in [0.1, 0.15) is 12.1 Å². The molecular formula is C10H13F3N4O. The zero-order valence-corrected chi connectivity index (χ0v) is 9.74. The van der Waals surface area contributed by atoms with E-state index in [-0.39, 0.29) is 17.9 Å². The van der Waals surface area contributed by atoms with Crippen LogP contribution in [-0.4, -0.2) is 36.3 Å². The van der Waals surface area contributed by atoms with E-state index in [0.717, 1.165) is 12.5 Å². The minimum Gasteiger partial charge on any atom is -0.380 e. The number of alkyl halides is 3. The van der Waals surface area contributed by atoms with Gasteiger partial charge < -0.3 is 15.4 Å². The van der Waals surface area contributed by atoms with Crippen molar-refractivity contribution in [2.45, 2.75) is 18.7 Å². The Hall–Kier alpha value is -1.57. The largest absolute Gasteiger partial charge is 0.433 e. The quantitative estimate of drug-likeness (QED) is 0.870. The number of aromatic nitrogens is 2. The lowest BCUT2D eigenvalue weighted by Crippen LogP contribution is -2.24. The lowest BCUT2D eigenvalue weighted by molar-refractivity contribution is -0.141.